The molecule has 0 saturated heterocycles. The Morgan fingerprint density at radius 2 is 1.93 bits per heavy atom. The topological polar surface area (TPSA) is 76.3 Å². The van der Waals surface area contributed by atoms with Crippen molar-refractivity contribution in [2.24, 2.45) is 0 Å². The third kappa shape index (κ3) is 2.47. The molecule has 5 rings (SSSR count). The molecule has 1 aliphatic rings. The van der Waals surface area contributed by atoms with E-state index in [1.54, 1.807) is 23.7 Å². The van der Waals surface area contributed by atoms with Gasteiger partial charge in [-0.2, -0.15) is 0 Å². The summed E-state index contributed by atoms with van der Waals surface area (Å²) in [5.74, 6) is -0.383. The van der Waals surface area contributed by atoms with Gasteiger partial charge in [0.25, 0.3) is 5.91 Å². The minimum atomic E-state index is -0.643. The number of halogens is 1. The van der Waals surface area contributed by atoms with Crippen molar-refractivity contribution in [2.45, 2.75) is 13.0 Å². The standard InChI is InChI=1S/C20H12ClN3O3S/c1-10-2-4-11(5-3-10)16-15-17(25)13-8-12(21)6-7-14(13)27-18(15)19(26)24(16)20-23-22-9-28-20/h2-9,16H,1H3/t16-/m0/s1. The molecule has 1 atom stereocenters. The Morgan fingerprint density at radius 1 is 1.14 bits per heavy atom. The maximum Gasteiger partial charge on any atom is 0.297 e. The molecule has 2 aromatic carbocycles. The molecule has 28 heavy (non-hydrogen) atoms. The molecule has 2 aromatic heterocycles. The maximum atomic E-state index is 13.4. The molecule has 0 saturated carbocycles. The Kier molecular flexibility index (Phi) is 3.82. The monoisotopic (exact) mass is 409 g/mol. The first-order chi connectivity index (χ1) is 13.5. The SMILES string of the molecule is Cc1ccc([C@H]2c3c(oc4ccc(Cl)cc4c3=O)C(=O)N2c2nncs2)cc1. The Balaban J connectivity index is 1.83. The molecule has 0 bridgehead atoms. The van der Waals surface area contributed by atoms with Crippen molar-refractivity contribution >= 4 is 44.9 Å². The molecule has 6 nitrogen and oxygen atoms in total. The van der Waals surface area contributed by atoms with Gasteiger partial charge in [-0.1, -0.05) is 52.8 Å². The number of hydrogen-bond acceptors (Lipinski definition) is 6. The van der Waals surface area contributed by atoms with Crippen molar-refractivity contribution in [1.82, 2.24) is 10.2 Å². The van der Waals surface area contributed by atoms with Gasteiger partial charge >= 0.3 is 0 Å². The highest BCUT2D eigenvalue weighted by atomic mass is 35.5. The molecule has 138 valence electrons. The number of carbonyl (C=O) groups is 1. The number of benzene rings is 2. The summed E-state index contributed by atoms with van der Waals surface area (Å²) in [6.45, 7) is 1.98. The van der Waals surface area contributed by atoms with Gasteiger partial charge in [-0.15, -0.1) is 10.2 Å². The molecule has 3 heterocycles. The van der Waals surface area contributed by atoms with Crippen LogP contribution in [0.1, 0.15) is 33.3 Å². The molecule has 0 spiro atoms. The van der Waals surface area contributed by atoms with E-state index in [-0.39, 0.29) is 11.2 Å². The van der Waals surface area contributed by atoms with Crippen LogP contribution in [0.3, 0.4) is 0 Å². The van der Waals surface area contributed by atoms with Gasteiger partial charge in [-0.25, -0.2) is 0 Å². The number of hydrogen-bond donors (Lipinski definition) is 0. The van der Waals surface area contributed by atoms with Crippen LogP contribution in [0.4, 0.5) is 5.13 Å². The summed E-state index contributed by atoms with van der Waals surface area (Å²) in [7, 11) is 0. The quantitative estimate of drug-likeness (QED) is 0.491. The third-order valence-electron chi connectivity index (χ3n) is 4.78. The van der Waals surface area contributed by atoms with Crippen LogP contribution in [0, 0.1) is 6.92 Å². The van der Waals surface area contributed by atoms with Crippen LogP contribution in [-0.2, 0) is 0 Å². The largest absolute Gasteiger partial charge is 0.450 e. The number of carbonyl (C=O) groups excluding carboxylic acids is 1. The van der Waals surface area contributed by atoms with Crippen LogP contribution in [-0.4, -0.2) is 16.1 Å². The van der Waals surface area contributed by atoms with Gasteiger partial charge in [0.05, 0.1) is 17.0 Å². The lowest BCUT2D eigenvalue weighted by Gasteiger charge is -2.22. The minimum Gasteiger partial charge on any atom is -0.450 e. The molecule has 0 fully saturated rings. The molecule has 0 radical (unpaired) electrons. The van der Waals surface area contributed by atoms with E-state index >= 15 is 0 Å². The lowest BCUT2D eigenvalue weighted by atomic mass is 9.98. The molecule has 4 aromatic rings. The second kappa shape index (κ2) is 6.25. The summed E-state index contributed by atoms with van der Waals surface area (Å²) < 4.78 is 5.86. The zero-order chi connectivity index (χ0) is 19.4. The van der Waals surface area contributed by atoms with Crippen molar-refractivity contribution in [1.29, 1.82) is 0 Å². The number of aromatic nitrogens is 2. The summed E-state index contributed by atoms with van der Waals surface area (Å²) in [6, 6.07) is 11.8. The second-order valence-corrected chi connectivity index (χ2v) is 7.77. The van der Waals surface area contributed by atoms with Crippen LogP contribution in [0.25, 0.3) is 11.0 Å². The van der Waals surface area contributed by atoms with E-state index in [4.69, 9.17) is 16.0 Å². The molecule has 0 aliphatic carbocycles. The number of anilines is 1. The number of amides is 1. The molecular weight excluding hydrogens is 398 g/mol. The number of nitrogens with zero attached hydrogens (tertiary/aromatic N) is 3. The van der Waals surface area contributed by atoms with E-state index in [1.807, 2.05) is 31.2 Å². The van der Waals surface area contributed by atoms with Gasteiger partial charge in [0.15, 0.2) is 5.43 Å². The van der Waals surface area contributed by atoms with Crippen LogP contribution in [0.2, 0.25) is 5.02 Å². The summed E-state index contributed by atoms with van der Waals surface area (Å²) in [5, 5.41) is 9.07. The fraction of sp³-hybridized carbons (Fsp3) is 0.100. The van der Waals surface area contributed by atoms with E-state index in [2.05, 4.69) is 10.2 Å². The predicted molar refractivity (Wildman–Crippen MR) is 107 cm³/mol. The van der Waals surface area contributed by atoms with Crippen LogP contribution >= 0.6 is 22.9 Å². The smallest absolute Gasteiger partial charge is 0.297 e. The van der Waals surface area contributed by atoms with Crippen molar-refractivity contribution < 1.29 is 9.21 Å². The van der Waals surface area contributed by atoms with Crippen molar-refractivity contribution in [3.63, 3.8) is 0 Å². The number of fused-ring (bicyclic) bond motifs is 2. The van der Waals surface area contributed by atoms with E-state index in [9.17, 15) is 9.59 Å². The average molecular weight is 410 g/mol. The third-order valence-corrected chi connectivity index (χ3v) is 5.70. The Hall–Kier alpha value is -3.03. The number of rotatable bonds is 2. The van der Waals surface area contributed by atoms with Gasteiger partial charge in [0.2, 0.25) is 10.9 Å². The van der Waals surface area contributed by atoms with Crippen molar-refractivity contribution in [2.75, 3.05) is 4.90 Å². The normalized spacial score (nSPS) is 16.0. The molecule has 8 heteroatoms. The van der Waals surface area contributed by atoms with E-state index in [1.165, 1.54) is 16.2 Å². The zero-order valence-electron chi connectivity index (χ0n) is 14.5. The molecule has 0 unspecified atom stereocenters. The van der Waals surface area contributed by atoms with Crippen molar-refractivity contribution in [3.05, 3.63) is 85.7 Å². The predicted octanol–water partition coefficient (Wildman–Crippen LogP) is 4.36. The number of aryl methyl sites for hydroxylation is 1. The van der Waals surface area contributed by atoms with Crippen LogP contribution in [0.15, 0.2) is 57.2 Å². The first kappa shape index (κ1) is 17.1. The fourth-order valence-electron chi connectivity index (χ4n) is 3.48. The Morgan fingerprint density at radius 3 is 2.64 bits per heavy atom. The van der Waals surface area contributed by atoms with Crippen LogP contribution < -0.4 is 10.3 Å². The molecular formula is C20H12ClN3O3S. The Bertz CT molecular complexity index is 1280. The van der Waals surface area contributed by atoms with Crippen LogP contribution in [0.5, 0.6) is 0 Å². The van der Waals surface area contributed by atoms with E-state index in [0.717, 1.165) is 11.1 Å². The highest BCUT2D eigenvalue weighted by molar-refractivity contribution is 7.13. The van der Waals surface area contributed by atoms with E-state index in [0.29, 0.717) is 26.7 Å². The van der Waals surface area contributed by atoms with Gasteiger partial charge < -0.3 is 4.42 Å². The molecule has 0 N–H and O–H groups in total. The van der Waals surface area contributed by atoms with Gasteiger partial charge in [-0.05, 0) is 30.7 Å². The Labute approximate surface area is 168 Å². The lowest BCUT2D eigenvalue weighted by Crippen LogP contribution is -2.29. The van der Waals surface area contributed by atoms with E-state index < -0.39 is 11.9 Å². The first-order valence-corrected chi connectivity index (χ1v) is 9.73. The summed E-state index contributed by atoms with van der Waals surface area (Å²) in [4.78, 5) is 28.0. The lowest BCUT2D eigenvalue weighted by molar-refractivity contribution is 0.0970. The van der Waals surface area contributed by atoms with Crippen molar-refractivity contribution in [3.8, 4) is 0 Å². The second-order valence-electron chi connectivity index (χ2n) is 6.52. The minimum absolute atomic E-state index is 0.0283. The fourth-order valence-corrected chi connectivity index (χ4v) is 4.24. The first-order valence-electron chi connectivity index (χ1n) is 8.47. The maximum absolute atomic E-state index is 13.4. The van der Waals surface area contributed by atoms with Gasteiger partial charge in [0, 0.05) is 5.02 Å². The highest BCUT2D eigenvalue weighted by Gasteiger charge is 2.44. The van der Waals surface area contributed by atoms with Gasteiger partial charge in [-0.3, -0.25) is 14.5 Å². The summed E-state index contributed by atoms with van der Waals surface area (Å²) in [5.41, 5.74) is 3.75. The zero-order valence-corrected chi connectivity index (χ0v) is 16.1. The van der Waals surface area contributed by atoms with Gasteiger partial charge in [0.1, 0.15) is 11.1 Å². The average Bonchev–Trinajstić information content (AvgIpc) is 3.30. The summed E-state index contributed by atoms with van der Waals surface area (Å²) >= 11 is 7.30. The highest BCUT2D eigenvalue weighted by Crippen LogP contribution is 2.41. The summed E-state index contributed by atoms with van der Waals surface area (Å²) in [6.07, 6.45) is 0. The molecule has 1 amide bonds. The molecule has 1 aliphatic heterocycles.